The molecule has 24 heavy (non-hydrogen) atoms. The van der Waals surface area contributed by atoms with Crippen LogP contribution in [0.5, 0.6) is 11.5 Å². The predicted octanol–water partition coefficient (Wildman–Crippen LogP) is 4.48. The van der Waals surface area contributed by atoms with Crippen LogP contribution in [0, 0.1) is 13.8 Å². The summed E-state index contributed by atoms with van der Waals surface area (Å²) in [6.45, 7) is 6.14. The van der Waals surface area contributed by atoms with Crippen molar-refractivity contribution in [2.75, 3.05) is 13.7 Å². The molecule has 4 nitrogen and oxygen atoms in total. The lowest BCUT2D eigenvalue weighted by molar-refractivity contribution is 0.330. The van der Waals surface area contributed by atoms with Gasteiger partial charge in [-0.15, -0.1) is 0 Å². The molecule has 3 aromatic rings. The Kier molecular flexibility index (Phi) is 4.30. The van der Waals surface area contributed by atoms with Gasteiger partial charge in [-0.3, -0.25) is 4.79 Å². The molecule has 0 atom stereocenters. The highest BCUT2D eigenvalue weighted by atomic mass is 16.5. The molecule has 0 radical (unpaired) electrons. The molecule has 1 heterocycles. The Morgan fingerprint density at radius 3 is 2.42 bits per heavy atom. The largest absolute Gasteiger partial charge is 0.497 e. The summed E-state index contributed by atoms with van der Waals surface area (Å²) in [6.07, 6.45) is 0. The third-order valence-corrected chi connectivity index (χ3v) is 3.94. The Hall–Kier alpha value is -2.75. The second-order valence-electron chi connectivity index (χ2n) is 5.71. The summed E-state index contributed by atoms with van der Waals surface area (Å²) in [4.78, 5) is 13.0. The summed E-state index contributed by atoms with van der Waals surface area (Å²) in [5.41, 5.74) is 3.15. The maximum atomic E-state index is 13.0. The van der Waals surface area contributed by atoms with E-state index in [1.807, 2.05) is 57.2 Å². The second-order valence-corrected chi connectivity index (χ2v) is 5.71. The van der Waals surface area contributed by atoms with E-state index in [1.54, 1.807) is 7.11 Å². The van der Waals surface area contributed by atoms with Crippen LogP contribution in [0.2, 0.25) is 0 Å². The van der Waals surface area contributed by atoms with Crippen LogP contribution in [0.4, 0.5) is 0 Å². The van der Waals surface area contributed by atoms with E-state index in [9.17, 15) is 4.79 Å². The Balaban J connectivity index is 2.32. The van der Waals surface area contributed by atoms with Crippen molar-refractivity contribution in [2.45, 2.75) is 20.8 Å². The summed E-state index contributed by atoms with van der Waals surface area (Å²) in [7, 11) is 1.61. The van der Waals surface area contributed by atoms with E-state index in [1.165, 1.54) is 0 Å². The van der Waals surface area contributed by atoms with Crippen molar-refractivity contribution in [3.05, 3.63) is 57.7 Å². The average molecular weight is 324 g/mol. The SMILES string of the molecule is CCOc1c(-c2ccc(OC)cc2)oc2cc(C)cc(C)c2c1=O. The first-order valence-electron chi connectivity index (χ1n) is 7.90. The van der Waals surface area contributed by atoms with E-state index >= 15 is 0 Å². The Morgan fingerprint density at radius 2 is 1.79 bits per heavy atom. The molecule has 0 aliphatic carbocycles. The zero-order valence-electron chi connectivity index (χ0n) is 14.3. The number of methoxy groups -OCH3 is 1. The Labute approximate surface area is 140 Å². The third kappa shape index (κ3) is 2.75. The van der Waals surface area contributed by atoms with Crippen molar-refractivity contribution in [3.8, 4) is 22.8 Å². The van der Waals surface area contributed by atoms with Gasteiger partial charge in [0.1, 0.15) is 11.3 Å². The number of benzene rings is 2. The highest BCUT2D eigenvalue weighted by molar-refractivity contribution is 5.85. The van der Waals surface area contributed by atoms with E-state index in [-0.39, 0.29) is 11.2 Å². The molecule has 1 aromatic heterocycles. The van der Waals surface area contributed by atoms with Gasteiger partial charge in [-0.25, -0.2) is 0 Å². The van der Waals surface area contributed by atoms with Gasteiger partial charge in [0.15, 0.2) is 5.76 Å². The first kappa shape index (κ1) is 16.1. The fourth-order valence-electron chi connectivity index (χ4n) is 2.88. The Bertz CT molecular complexity index is 936. The van der Waals surface area contributed by atoms with Gasteiger partial charge in [0.25, 0.3) is 0 Å². The molecule has 2 aromatic carbocycles. The van der Waals surface area contributed by atoms with Gasteiger partial charge in [0, 0.05) is 5.56 Å². The zero-order valence-corrected chi connectivity index (χ0v) is 14.3. The second kappa shape index (κ2) is 6.40. The normalized spacial score (nSPS) is 10.8. The van der Waals surface area contributed by atoms with Crippen LogP contribution >= 0.6 is 0 Å². The molecule has 0 spiro atoms. The van der Waals surface area contributed by atoms with Crippen molar-refractivity contribution >= 4 is 11.0 Å². The summed E-state index contributed by atoms with van der Waals surface area (Å²) in [5.74, 6) is 1.44. The van der Waals surface area contributed by atoms with Gasteiger partial charge in [0.05, 0.1) is 19.1 Å². The molecule has 0 aliphatic rings. The standard InChI is InChI=1S/C20H20O4/c1-5-23-20-18(21)17-13(3)10-12(2)11-16(17)24-19(20)14-6-8-15(22-4)9-7-14/h6-11H,5H2,1-4H3. The fourth-order valence-corrected chi connectivity index (χ4v) is 2.88. The lowest BCUT2D eigenvalue weighted by atomic mass is 10.0. The number of hydrogen-bond acceptors (Lipinski definition) is 4. The van der Waals surface area contributed by atoms with Gasteiger partial charge >= 0.3 is 0 Å². The number of ether oxygens (including phenoxy) is 2. The van der Waals surface area contributed by atoms with Crippen LogP contribution in [-0.4, -0.2) is 13.7 Å². The van der Waals surface area contributed by atoms with Gasteiger partial charge in [-0.2, -0.15) is 0 Å². The van der Waals surface area contributed by atoms with Crippen LogP contribution in [0.1, 0.15) is 18.1 Å². The molecule has 0 unspecified atom stereocenters. The van der Waals surface area contributed by atoms with E-state index in [2.05, 4.69) is 0 Å². The lowest BCUT2D eigenvalue weighted by Gasteiger charge is -2.12. The highest BCUT2D eigenvalue weighted by Crippen LogP contribution is 2.33. The summed E-state index contributed by atoms with van der Waals surface area (Å²) < 4.78 is 16.9. The van der Waals surface area contributed by atoms with Gasteiger partial charge in [-0.05, 0) is 62.2 Å². The third-order valence-electron chi connectivity index (χ3n) is 3.94. The highest BCUT2D eigenvalue weighted by Gasteiger charge is 2.19. The molecule has 0 amide bonds. The first-order valence-corrected chi connectivity index (χ1v) is 7.90. The molecule has 0 saturated heterocycles. The zero-order chi connectivity index (χ0) is 17.3. The van der Waals surface area contributed by atoms with Crippen LogP contribution in [-0.2, 0) is 0 Å². The Morgan fingerprint density at radius 1 is 1.08 bits per heavy atom. The molecule has 0 aliphatic heterocycles. The molecule has 3 rings (SSSR count). The van der Waals surface area contributed by atoms with E-state index < -0.39 is 0 Å². The van der Waals surface area contributed by atoms with Crippen LogP contribution in [0.15, 0.2) is 45.6 Å². The molecule has 124 valence electrons. The topological polar surface area (TPSA) is 48.7 Å². The van der Waals surface area contributed by atoms with Crippen molar-refractivity contribution in [1.82, 2.24) is 0 Å². The maximum Gasteiger partial charge on any atom is 0.235 e. The quantitative estimate of drug-likeness (QED) is 0.710. The van der Waals surface area contributed by atoms with E-state index in [0.717, 1.165) is 22.4 Å². The molecule has 0 fully saturated rings. The van der Waals surface area contributed by atoms with Crippen molar-refractivity contribution in [2.24, 2.45) is 0 Å². The molecular formula is C20H20O4. The van der Waals surface area contributed by atoms with Crippen LogP contribution in [0.25, 0.3) is 22.3 Å². The molecule has 0 bridgehead atoms. The minimum absolute atomic E-state index is 0.138. The average Bonchev–Trinajstić information content (AvgIpc) is 2.56. The van der Waals surface area contributed by atoms with Crippen molar-refractivity contribution in [1.29, 1.82) is 0 Å². The molecule has 0 saturated carbocycles. The van der Waals surface area contributed by atoms with Crippen molar-refractivity contribution < 1.29 is 13.9 Å². The molecular weight excluding hydrogens is 304 g/mol. The van der Waals surface area contributed by atoms with Crippen LogP contribution in [0.3, 0.4) is 0 Å². The smallest absolute Gasteiger partial charge is 0.235 e. The fraction of sp³-hybridized carbons (Fsp3) is 0.250. The lowest BCUT2D eigenvalue weighted by Crippen LogP contribution is -2.11. The van der Waals surface area contributed by atoms with E-state index in [4.69, 9.17) is 13.9 Å². The van der Waals surface area contributed by atoms with Crippen LogP contribution < -0.4 is 14.9 Å². The first-order chi connectivity index (χ1) is 11.5. The summed E-state index contributed by atoms with van der Waals surface area (Å²) in [5, 5.41) is 0.571. The molecule has 4 heteroatoms. The summed E-state index contributed by atoms with van der Waals surface area (Å²) >= 11 is 0. The van der Waals surface area contributed by atoms with Crippen molar-refractivity contribution in [3.63, 3.8) is 0 Å². The number of fused-ring (bicyclic) bond motifs is 1. The van der Waals surface area contributed by atoms with Gasteiger partial charge in [0.2, 0.25) is 11.2 Å². The van der Waals surface area contributed by atoms with E-state index in [0.29, 0.717) is 23.3 Å². The number of aryl methyl sites for hydroxylation is 2. The maximum absolute atomic E-state index is 13.0. The number of hydrogen-bond donors (Lipinski definition) is 0. The predicted molar refractivity (Wildman–Crippen MR) is 95.1 cm³/mol. The summed E-state index contributed by atoms with van der Waals surface area (Å²) in [6, 6.07) is 11.2. The number of rotatable bonds is 4. The van der Waals surface area contributed by atoms with Gasteiger partial charge < -0.3 is 13.9 Å². The minimum atomic E-state index is -0.138. The monoisotopic (exact) mass is 324 g/mol. The minimum Gasteiger partial charge on any atom is -0.497 e. The molecule has 0 N–H and O–H groups in total. The van der Waals surface area contributed by atoms with Gasteiger partial charge in [-0.1, -0.05) is 6.07 Å².